The lowest BCUT2D eigenvalue weighted by atomic mass is 10.1. The third-order valence-corrected chi connectivity index (χ3v) is 4.95. The molecule has 0 atom stereocenters. The van der Waals surface area contributed by atoms with Crippen LogP contribution in [0.3, 0.4) is 0 Å². The minimum absolute atomic E-state index is 0.0763. The van der Waals surface area contributed by atoms with E-state index in [9.17, 15) is 4.79 Å². The number of anilines is 3. The smallest absolute Gasteiger partial charge is 0.223 e. The van der Waals surface area contributed by atoms with Gasteiger partial charge in [0.05, 0.1) is 17.6 Å². The highest BCUT2D eigenvalue weighted by Crippen LogP contribution is 2.32. The summed E-state index contributed by atoms with van der Waals surface area (Å²) in [5, 5.41) is 3.31. The second-order valence-corrected chi connectivity index (χ2v) is 6.76. The van der Waals surface area contributed by atoms with E-state index >= 15 is 0 Å². The molecule has 0 bridgehead atoms. The van der Waals surface area contributed by atoms with Gasteiger partial charge < -0.3 is 14.6 Å². The normalized spacial score (nSPS) is 13.0. The van der Waals surface area contributed by atoms with Crippen molar-refractivity contribution in [2.75, 3.05) is 16.8 Å². The van der Waals surface area contributed by atoms with E-state index in [0.29, 0.717) is 5.82 Å². The molecular weight excluding hydrogens is 352 g/mol. The van der Waals surface area contributed by atoms with E-state index in [4.69, 9.17) is 4.98 Å². The SMILES string of the molecule is CC(=O)N1CCc2cc(-c3cn4ccnc4c(Nc4cccnc4)n3)ccc21. The molecule has 1 aliphatic heterocycles. The number of pyridine rings is 1. The van der Waals surface area contributed by atoms with E-state index in [2.05, 4.69) is 21.4 Å². The maximum absolute atomic E-state index is 11.8. The Hall–Kier alpha value is -3.74. The molecule has 5 rings (SSSR count). The lowest BCUT2D eigenvalue weighted by Gasteiger charge is -2.15. The minimum atomic E-state index is 0.0763. The Morgan fingerprint density at radius 1 is 1.21 bits per heavy atom. The molecule has 0 aliphatic carbocycles. The molecule has 1 aromatic carbocycles. The number of fused-ring (bicyclic) bond motifs is 2. The molecule has 0 spiro atoms. The fraction of sp³-hybridized carbons (Fsp3) is 0.143. The highest BCUT2D eigenvalue weighted by molar-refractivity contribution is 5.94. The number of amides is 1. The van der Waals surface area contributed by atoms with Crippen LogP contribution in [0.15, 0.2) is 61.3 Å². The molecule has 1 aliphatic rings. The summed E-state index contributed by atoms with van der Waals surface area (Å²) in [6.07, 6.45) is 9.96. The van der Waals surface area contributed by atoms with E-state index in [-0.39, 0.29) is 5.91 Å². The molecular formula is C21H18N6O. The maximum Gasteiger partial charge on any atom is 0.223 e. The zero-order chi connectivity index (χ0) is 19.1. The van der Waals surface area contributed by atoms with Crippen LogP contribution in [-0.2, 0) is 11.2 Å². The monoisotopic (exact) mass is 370 g/mol. The van der Waals surface area contributed by atoms with Crippen LogP contribution in [0.5, 0.6) is 0 Å². The van der Waals surface area contributed by atoms with Gasteiger partial charge in [-0.15, -0.1) is 0 Å². The molecule has 0 saturated carbocycles. The number of carbonyl (C=O) groups excluding carboxylic acids is 1. The van der Waals surface area contributed by atoms with Crippen molar-refractivity contribution in [2.24, 2.45) is 0 Å². The van der Waals surface area contributed by atoms with Gasteiger partial charge in [-0.2, -0.15) is 0 Å². The Bertz CT molecular complexity index is 1180. The second-order valence-electron chi connectivity index (χ2n) is 6.76. The Morgan fingerprint density at radius 2 is 2.14 bits per heavy atom. The van der Waals surface area contributed by atoms with Crippen LogP contribution in [0.25, 0.3) is 16.9 Å². The zero-order valence-corrected chi connectivity index (χ0v) is 15.3. The summed E-state index contributed by atoms with van der Waals surface area (Å²) < 4.78 is 1.95. The molecule has 1 N–H and O–H groups in total. The molecule has 7 heteroatoms. The van der Waals surface area contributed by atoms with Gasteiger partial charge in [0.25, 0.3) is 0 Å². The number of nitrogens with one attached hydrogen (secondary N) is 1. The average molecular weight is 370 g/mol. The van der Waals surface area contributed by atoms with Crippen LogP contribution in [0.1, 0.15) is 12.5 Å². The Kier molecular flexibility index (Phi) is 3.79. The lowest BCUT2D eigenvalue weighted by molar-refractivity contribution is -0.116. The van der Waals surface area contributed by atoms with E-state index in [0.717, 1.165) is 41.2 Å². The van der Waals surface area contributed by atoms with Crippen molar-refractivity contribution in [3.63, 3.8) is 0 Å². The Labute approximate surface area is 161 Å². The molecule has 138 valence electrons. The Balaban J connectivity index is 1.58. The largest absolute Gasteiger partial charge is 0.336 e. The average Bonchev–Trinajstić information content (AvgIpc) is 3.35. The standard InChI is InChI=1S/C21H18N6O/c1-14(28)27-9-6-16-11-15(4-5-19(16)27)18-13-26-10-8-23-21(26)20(25-18)24-17-3-2-7-22-12-17/h2-5,7-8,10-13H,6,9H2,1H3,(H,24,25). The van der Waals surface area contributed by atoms with E-state index in [1.165, 1.54) is 5.56 Å². The molecule has 4 heterocycles. The molecule has 0 unspecified atom stereocenters. The molecule has 4 aromatic rings. The van der Waals surface area contributed by atoms with Crippen molar-refractivity contribution < 1.29 is 4.79 Å². The van der Waals surface area contributed by atoms with E-state index in [1.54, 1.807) is 25.5 Å². The van der Waals surface area contributed by atoms with Crippen LogP contribution in [0.2, 0.25) is 0 Å². The highest BCUT2D eigenvalue weighted by atomic mass is 16.2. The number of hydrogen-bond acceptors (Lipinski definition) is 5. The van der Waals surface area contributed by atoms with Gasteiger partial charge in [0.15, 0.2) is 11.5 Å². The van der Waals surface area contributed by atoms with Crippen LogP contribution in [0.4, 0.5) is 17.2 Å². The number of imidazole rings is 1. The topological polar surface area (TPSA) is 75.4 Å². The predicted molar refractivity (Wildman–Crippen MR) is 108 cm³/mol. The third kappa shape index (κ3) is 2.77. The van der Waals surface area contributed by atoms with Gasteiger partial charge in [-0.25, -0.2) is 9.97 Å². The van der Waals surface area contributed by atoms with Crippen molar-refractivity contribution in [1.82, 2.24) is 19.4 Å². The molecule has 0 saturated heterocycles. The molecule has 3 aromatic heterocycles. The summed E-state index contributed by atoms with van der Waals surface area (Å²) in [6, 6.07) is 9.95. The van der Waals surface area contributed by atoms with Gasteiger partial charge in [-0.3, -0.25) is 9.78 Å². The molecule has 7 nitrogen and oxygen atoms in total. The molecule has 28 heavy (non-hydrogen) atoms. The first-order chi connectivity index (χ1) is 13.7. The van der Waals surface area contributed by atoms with Crippen molar-refractivity contribution in [1.29, 1.82) is 0 Å². The van der Waals surface area contributed by atoms with Crippen molar-refractivity contribution >= 4 is 28.7 Å². The van der Waals surface area contributed by atoms with Crippen molar-refractivity contribution in [3.8, 4) is 11.3 Å². The molecule has 0 radical (unpaired) electrons. The fourth-order valence-electron chi connectivity index (χ4n) is 3.62. The van der Waals surface area contributed by atoms with E-state index < -0.39 is 0 Å². The number of hydrogen-bond donors (Lipinski definition) is 1. The first kappa shape index (κ1) is 16.4. The number of carbonyl (C=O) groups is 1. The van der Waals surface area contributed by atoms with Crippen molar-refractivity contribution in [3.05, 3.63) is 66.9 Å². The maximum atomic E-state index is 11.8. The summed E-state index contributed by atoms with van der Waals surface area (Å²) in [5.41, 5.74) is 5.60. The Morgan fingerprint density at radius 3 is 2.96 bits per heavy atom. The number of benzene rings is 1. The van der Waals surface area contributed by atoms with Crippen molar-refractivity contribution in [2.45, 2.75) is 13.3 Å². The quantitative estimate of drug-likeness (QED) is 0.598. The van der Waals surface area contributed by atoms with Crippen LogP contribution in [0, 0.1) is 0 Å². The number of rotatable bonds is 3. The van der Waals surface area contributed by atoms with Crippen LogP contribution >= 0.6 is 0 Å². The first-order valence-corrected chi connectivity index (χ1v) is 9.11. The minimum Gasteiger partial charge on any atom is -0.336 e. The van der Waals surface area contributed by atoms with Gasteiger partial charge in [0, 0.05) is 49.5 Å². The summed E-state index contributed by atoms with van der Waals surface area (Å²) in [7, 11) is 0. The second kappa shape index (κ2) is 6.45. The zero-order valence-electron chi connectivity index (χ0n) is 15.3. The summed E-state index contributed by atoms with van der Waals surface area (Å²) in [6.45, 7) is 2.34. The van der Waals surface area contributed by atoms with E-state index in [1.807, 2.05) is 46.0 Å². The fourth-order valence-corrected chi connectivity index (χ4v) is 3.62. The molecule has 0 fully saturated rings. The first-order valence-electron chi connectivity index (χ1n) is 9.11. The summed E-state index contributed by atoms with van der Waals surface area (Å²) in [5.74, 6) is 0.744. The summed E-state index contributed by atoms with van der Waals surface area (Å²) in [4.78, 5) is 27.0. The van der Waals surface area contributed by atoms with Crippen LogP contribution < -0.4 is 10.2 Å². The summed E-state index contributed by atoms with van der Waals surface area (Å²) >= 11 is 0. The lowest BCUT2D eigenvalue weighted by Crippen LogP contribution is -2.25. The number of aromatic nitrogens is 4. The van der Waals surface area contributed by atoms with Gasteiger partial charge >= 0.3 is 0 Å². The predicted octanol–water partition coefficient (Wildman–Crippen LogP) is 3.44. The number of nitrogens with zero attached hydrogens (tertiary/aromatic N) is 5. The van der Waals surface area contributed by atoms with Crippen LogP contribution in [-0.4, -0.2) is 31.8 Å². The van der Waals surface area contributed by atoms with Gasteiger partial charge in [-0.05, 0) is 36.2 Å². The third-order valence-electron chi connectivity index (χ3n) is 4.95. The van der Waals surface area contributed by atoms with Gasteiger partial charge in [0.2, 0.25) is 5.91 Å². The van der Waals surface area contributed by atoms with Gasteiger partial charge in [0.1, 0.15) is 0 Å². The van der Waals surface area contributed by atoms with Gasteiger partial charge in [-0.1, -0.05) is 6.07 Å². The molecule has 1 amide bonds. The highest BCUT2D eigenvalue weighted by Gasteiger charge is 2.22.